The molecule has 1 aliphatic heterocycles. The Balaban J connectivity index is 1.91. The van der Waals surface area contributed by atoms with Gasteiger partial charge >= 0.3 is 0 Å². The van der Waals surface area contributed by atoms with E-state index in [-0.39, 0.29) is 5.91 Å². The fraction of sp³-hybridized carbons (Fsp3) is 0.471. The number of nitrogens with zero attached hydrogens (tertiary/aromatic N) is 2. The van der Waals surface area contributed by atoms with Crippen molar-refractivity contribution in [2.75, 3.05) is 32.7 Å². The van der Waals surface area contributed by atoms with E-state index in [1.54, 1.807) is 0 Å². The molecule has 2 heterocycles. The molecule has 3 rings (SSSR count). The summed E-state index contributed by atoms with van der Waals surface area (Å²) in [5.41, 5.74) is 4.05. The van der Waals surface area contributed by atoms with Gasteiger partial charge in [-0.05, 0) is 32.5 Å². The number of nitrogens with one attached hydrogen (secondary N) is 1. The Labute approximate surface area is 125 Å². The number of aryl methyl sites for hydroxylation is 2. The average Bonchev–Trinajstić information content (AvgIpc) is 2.82. The second kappa shape index (κ2) is 5.53. The molecule has 4 nitrogen and oxygen atoms in total. The Bertz CT molecular complexity index is 666. The van der Waals surface area contributed by atoms with Crippen molar-refractivity contribution in [1.82, 2.24) is 14.8 Å². The minimum Gasteiger partial charge on any atom is -0.358 e. The number of hydrogen-bond acceptors (Lipinski definition) is 2. The lowest BCUT2D eigenvalue weighted by molar-refractivity contribution is 0.0644. The van der Waals surface area contributed by atoms with E-state index in [1.807, 2.05) is 11.8 Å². The highest BCUT2D eigenvalue weighted by Gasteiger charge is 2.25. The molecular weight excluding hydrogens is 262 g/mol. The van der Waals surface area contributed by atoms with E-state index in [2.05, 4.69) is 41.9 Å². The van der Waals surface area contributed by atoms with Gasteiger partial charge in [0.05, 0.1) is 5.56 Å². The number of carbonyl (C=O) groups is 1. The SMILES string of the molecule is CCN1CCN(C(=O)c2c(C)[nH]c3ccc(C)cc23)CC1. The highest BCUT2D eigenvalue weighted by molar-refractivity contribution is 6.08. The van der Waals surface area contributed by atoms with Crippen molar-refractivity contribution in [3.8, 4) is 0 Å². The molecule has 0 unspecified atom stereocenters. The van der Waals surface area contributed by atoms with Crippen molar-refractivity contribution in [1.29, 1.82) is 0 Å². The zero-order valence-corrected chi connectivity index (χ0v) is 13.1. The maximum atomic E-state index is 12.9. The Kier molecular flexibility index (Phi) is 3.72. The summed E-state index contributed by atoms with van der Waals surface area (Å²) in [6.45, 7) is 10.9. The van der Waals surface area contributed by atoms with Crippen molar-refractivity contribution >= 4 is 16.8 Å². The van der Waals surface area contributed by atoms with E-state index in [0.29, 0.717) is 0 Å². The van der Waals surface area contributed by atoms with Crippen LogP contribution in [0, 0.1) is 13.8 Å². The zero-order valence-electron chi connectivity index (χ0n) is 13.1. The first-order valence-electron chi connectivity index (χ1n) is 7.70. The molecule has 1 amide bonds. The lowest BCUT2D eigenvalue weighted by Crippen LogP contribution is -2.48. The van der Waals surface area contributed by atoms with Gasteiger partial charge in [0.25, 0.3) is 5.91 Å². The molecule has 2 aromatic rings. The summed E-state index contributed by atoms with van der Waals surface area (Å²) in [6, 6.07) is 6.24. The molecule has 1 aromatic carbocycles. The van der Waals surface area contributed by atoms with Crippen molar-refractivity contribution in [3.05, 3.63) is 35.0 Å². The van der Waals surface area contributed by atoms with E-state index >= 15 is 0 Å². The Hall–Kier alpha value is -1.81. The number of fused-ring (bicyclic) bond motifs is 1. The minimum absolute atomic E-state index is 0.167. The number of carbonyl (C=O) groups excluding carboxylic acids is 1. The summed E-state index contributed by atoms with van der Waals surface area (Å²) >= 11 is 0. The third-order valence-electron chi connectivity index (χ3n) is 4.46. The van der Waals surface area contributed by atoms with Gasteiger partial charge in [-0.3, -0.25) is 4.79 Å². The summed E-state index contributed by atoms with van der Waals surface area (Å²) in [6.07, 6.45) is 0. The number of aromatic amines is 1. The van der Waals surface area contributed by atoms with Crippen LogP contribution in [0.5, 0.6) is 0 Å². The van der Waals surface area contributed by atoms with Gasteiger partial charge in [-0.25, -0.2) is 0 Å². The van der Waals surface area contributed by atoms with Crippen molar-refractivity contribution < 1.29 is 4.79 Å². The molecule has 0 saturated carbocycles. The number of benzene rings is 1. The molecule has 112 valence electrons. The van der Waals surface area contributed by atoms with E-state index in [0.717, 1.165) is 54.9 Å². The average molecular weight is 285 g/mol. The second-order valence-corrected chi connectivity index (χ2v) is 5.90. The smallest absolute Gasteiger partial charge is 0.256 e. The number of amides is 1. The number of rotatable bonds is 2. The summed E-state index contributed by atoms with van der Waals surface area (Å²) in [5, 5.41) is 1.05. The van der Waals surface area contributed by atoms with E-state index in [9.17, 15) is 4.79 Å². The largest absolute Gasteiger partial charge is 0.358 e. The number of aromatic nitrogens is 1. The first-order valence-corrected chi connectivity index (χ1v) is 7.70. The molecule has 0 bridgehead atoms. The third-order valence-corrected chi connectivity index (χ3v) is 4.46. The van der Waals surface area contributed by atoms with Gasteiger partial charge in [-0.2, -0.15) is 0 Å². The van der Waals surface area contributed by atoms with Crippen LogP contribution in [0.3, 0.4) is 0 Å². The van der Waals surface area contributed by atoms with Crippen LogP contribution in [0.25, 0.3) is 10.9 Å². The van der Waals surface area contributed by atoms with Gasteiger partial charge in [-0.1, -0.05) is 18.6 Å². The van der Waals surface area contributed by atoms with E-state index < -0.39 is 0 Å². The highest BCUT2D eigenvalue weighted by atomic mass is 16.2. The first kappa shape index (κ1) is 14.1. The quantitative estimate of drug-likeness (QED) is 0.921. The summed E-state index contributed by atoms with van der Waals surface area (Å²) in [5.74, 6) is 0.167. The predicted molar refractivity (Wildman–Crippen MR) is 85.8 cm³/mol. The van der Waals surface area contributed by atoms with Gasteiger partial charge in [0.15, 0.2) is 0 Å². The molecule has 0 aliphatic carbocycles. The molecule has 1 fully saturated rings. The van der Waals surface area contributed by atoms with Gasteiger partial charge in [0.2, 0.25) is 0 Å². The van der Waals surface area contributed by atoms with Crippen LogP contribution in [0.4, 0.5) is 0 Å². The van der Waals surface area contributed by atoms with Crippen LogP contribution in [-0.2, 0) is 0 Å². The van der Waals surface area contributed by atoms with Crippen molar-refractivity contribution in [2.24, 2.45) is 0 Å². The van der Waals surface area contributed by atoms with E-state index in [1.165, 1.54) is 5.56 Å². The molecule has 0 atom stereocenters. The lowest BCUT2D eigenvalue weighted by Gasteiger charge is -2.34. The number of H-pyrrole nitrogens is 1. The first-order chi connectivity index (χ1) is 10.1. The predicted octanol–water partition coefficient (Wildman–Crippen LogP) is 2.56. The molecule has 1 aliphatic rings. The monoisotopic (exact) mass is 285 g/mol. The molecular formula is C17H23N3O. The number of hydrogen-bond donors (Lipinski definition) is 1. The number of piperazine rings is 1. The third kappa shape index (κ3) is 2.56. The van der Waals surface area contributed by atoms with Gasteiger partial charge in [0.1, 0.15) is 0 Å². The zero-order chi connectivity index (χ0) is 15.0. The Morgan fingerprint density at radius 1 is 1.19 bits per heavy atom. The Morgan fingerprint density at radius 3 is 2.57 bits per heavy atom. The lowest BCUT2D eigenvalue weighted by atomic mass is 10.1. The van der Waals surface area contributed by atoms with Gasteiger partial charge in [0, 0.05) is 42.8 Å². The molecule has 1 N–H and O–H groups in total. The standard InChI is InChI=1S/C17H23N3O/c1-4-19-7-9-20(10-8-19)17(21)16-13(3)18-15-6-5-12(2)11-14(15)16/h5-6,11,18H,4,7-10H2,1-3H3. The molecule has 0 radical (unpaired) electrons. The van der Waals surface area contributed by atoms with Crippen molar-refractivity contribution in [3.63, 3.8) is 0 Å². The Morgan fingerprint density at radius 2 is 1.90 bits per heavy atom. The summed E-state index contributed by atoms with van der Waals surface area (Å²) in [7, 11) is 0. The molecule has 1 saturated heterocycles. The van der Waals surface area contributed by atoms with E-state index in [4.69, 9.17) is 0 Å². The van der Waals surface area contributed by atoms with Crippen LogP contribution >= 0.6 is 0 Å². The maximum absolute atomic E-state index is 12.9. The van der Waals surface area contributed by atoms with Gasteiger partial charge in [-0.15, -0.1) is 0 Å². The fourth-order valence-electron chi connectivity index (χ4n) is 3.14. The molecule has 1 aromatic heterocycles. The highest BCUT2D eigenvalue weighted by Crippen LogP contribution is 2.25. The summed E-state index contributed by atoms with van der Waals surface area (Å²) < 4.78 is 0. The van der Waals surface area contributed by atoms with Crippen molar-refractivity contribution in [2.45, 2.75) is 20.8 Å². The van der Waals surface area contributed by atoms with Crippen LogP contribution < -0.4 is 0 Å². The second-order valence-electron chi connectivity index (χ2n) is 5.90. The summed E-state index contributed by atoms with van der Waals surface area (Å²) in [4.78, 5) is 20.6. The molecule has 0 spiro atoms. The van der Waals surface area contributed by atoms with Crippen LogP contribution in [0.15, 0.2) is 18.2 Å². The molecule has 4 heteroatoms. The molecule has 21 heavy (non-hydrogen) atoms. The fourth-order valence-corrected chi connectivity index (χ4v) is 3.14. The van der Waals surface area contributed by atoms with Crippen LogP contribution in [0.1, 0.15) is 28.5 Å². The topological polar surface area (TPSA) is 39.3 Å². The normalized spacial score (nSPS) is 16.6. The van der Waals surface area contributed by atoms with Crippen LogP contribution in [-0.4, -0.2) is 53.4 Å². The maximum Gasteiger partial charge on any atom is 0.256 e. The van der Waals surface area contributed by atoms with Gasteiger partial charge < -0.3 is 14.8 Å². The minimum atomic E-state index is 0.167. The number of likely N-dealkylation sites (N-methyl/N-ethyl adjacent to an activating group) is 1. The van der Waals surface area contributed by atoms with Crippen LogP contribution in [0.2, 0.25) is 0 Å².